The van der Waals surface area contributed by atoms with E-state index in [4.69, 9.17) is 10.5 Å². The first-order valence-electron chi connectivity index (χ1n) is 6.35. The minimum atomic E-state index is -0.218. The molecule has 1 unspecified atom stereocenters. The first-order valence-corrected chi connectivity index (χ1v) is 6.35. The van der Waals surface area contributed by atoms with Crippen LogP contribution in [-0.4, -0.2) is 16.9 Å². The van der Waals surface area contributed by atoms with Crippen molar-refractivity contribution in [2.45, 2.75) is 26.8 Å². The smallest absolute Gasteiger partial charge is 0.124 e. The molecule has 0 bridgehead atoms. The molecule has 1 aromatic carbocycles. The molecule has 0 fully saturated rings. The van der Waals surface area contributed by atoms with E-state index in [0.29, 0.717) is 0 Å². The molecule has 1 aromatic heterocycles. The van der Waals surface area contributed by atoms with E-state index in [0.717, 1.165) is 28.1 Å². The van der Waals surface area contributed by atoms with Gasteiger partial charge in [0, 0.05) is 24.4 Å². The standard InChI is InChI=1S/C15H21N3O/c1-9-6-10(2)14(13(7-9)19-5)15(16)12-8-18(4)17-11(12)3/h6-8,15H,16H2,1-5H3. The Kier molecular flexibility index (Phi) is 3.62. The second-order valence-electron chi connectivity index (χ2n) is 5.02. The number of rotatable bonds is 3. The Labute approximate surface area is 114 Å². The van der Waals surface area contributed by atoms with Crippen LogP contribution in [0.15, 0.2) is 18.3 Å². The topological polar surface area (TPSA) is 53.1 Å². The highest BCUT2D eigenvalue weighted by molar-refractivity contribution is 5.48. The van der Waals surface area contributed by atoms with E-state index >= 15 is 0 Å². The summed E-state index contributed by atoms with van der Waals surface area (Å²) in [6, 6.07) is 3.93. The molecule has 2 N–H and O–H groups in total. The predicted octanol–water partition coefficient (Wildman–Crippen LogP) is 2.40. The third-order valence-electron chi connectivity index (χ3n) is 3.41. The van der Waals surface area contributed by atoms with E-state index in [1.165, 1.54) is 5.56 Å². The lowest BCUT2D eigenvalue weighted by Crippen LogP contribution is -2.15. The Morgan fingerprint density at radius 2 is 1.95 bits per heavy atom. The number of hydrogen-bond donors (Lipinski definition) is 1. The lowest BCUT2D eigenvalue weighted by Gasteiger charge is -2.18. The summed E-state index contributed by atoms with van der Waals surface area (Å²) in [7, 11) is 3.59. The Morgan fingerprint density at radius 3 is 2.47 bits per heavy atom. The molecule has 0 aliphatic rings. The number of nitrogens with zero attached hydrogens (tertiary/aromatic N) is 2. The molecule has 0 radical (unpaired) electrons. The molecule has 2 aromatic rings. The zero-order chi connectivity index (χ0) is 14.2. The van der Waals surface area contributed by atoms with E-state index in [-0.39, 0.29) is 6.04 Å². The molecular weight excluding hydrogens is 238 g/mol. The lowest BCUT2D eigenvalue weighted by molar-refractivity contribution is 0.407. The van der Waals surface area contributed by atoms with Crippen LogP contribution in [0.4, 0.5) is 0 Å². The van der Waals surface area contributed by atoms with Crippen LogP contribution < -0.4 is 10.5 Å². The van der Waals surface area contributed by atoms with Crippen LogP contribution in [0.1, 0.15) is 34.0 Å². The van der Waals surface area contributed by atoms with Gasteiger partial charge in [0.15, 0.2) is 0 Å². The van der Waals surface area contributed by atoms with Gasteiger partial charge in [0.25, 0.3) is 0 Å². The summed E-state index contributed by atoms with van der Waals surface area (Å²) in [6.45, 7) is 6.10. The van der Waals surface area contributed by atoms with Crippen molar-refractivity contribution in [2.75, 3.05) is 7.11 Å². The number of aryl methyl sites for hydroxylation is 4. The fourth-order valence-corrected chi connectivity index (χ4v) is 2.59. The van der Waals surface area contributed by atoms with Crippen LogP contribution in [-0.2, 0) is 7.05 Å². The maximum atomic E-state index is 6.42. The van der Waals surface area contributed by atoms with Gasteiger partial charge in [-0.1, -0.05) is 6.07 Å². The molecule has 0 spiro atoms. The molecule has 0 saturated carbocycles. The molecule has 0 aliphatic heterocycles. The Bertz CT molecular complexity index is 602. The predicted molar refractivity (Wildman–Crippen MR) is 76.4 cm³/mol. The number of hydrogen-bond acceptors (Lipinski definition) is 3. The third-order valence-corrected chi connectivity index (χ3v) is 3.41. The molecule has 4 heteroatoms. The molecule has 1 atom stereocenters. The highest BCUT2D eigenvalue weighted by Gasteiger charge is 2.20. The van der Waals surface area contributed by atoms with Gasteiger partial charge in [0.05, 0.1) is 18.8 Å². The van der Waals surface area contributed by atoms with Crippen molar-refractivity contribution in [3.63, 3.8) is 0 Å². The number of methoxy groups -OCH3 is 1. The molecular formula is C15H21N3O. The van der Waals surface area contributed by atoms with Gasteiger partial charge < -0.3 is 10.5 Å². The van der Waals surface area contributed by atoms with Crippen molar-refractivity contribution in [1.82, 2.24) is 9.78 Å². The van der Waals surface area contributed by atoms with Crippen molar-refractivity contribution in [3.8, 4) is 5.75 Å². The van der Waals surface area contributed by atoms with E-state index < -0.39 is 0 Å². The molecule has 2 rings (SSSR count). The average Bonchev–Trinajstić information content (AvgIpc) is 2.66. The first kappa shape index (κ1) is 13.6. The van der Waals surface area contributed by atoms with Gasteiger partial charge in [0.1, 0.15) is 5.75 Å². The van der Waals surface area contributed by atoms with E-state index in [1.54, 1.807) is 11.8 Å². The summed E-state index contributed by atoms with van der Waals surface area (Å²) >= 11 is 0. The Morgan fingerprint density at radius 1 is 1.26 bits per heavy atom. The number of benzene rings is 1. The minimum Gasteiger partial charge on any atom is -0.496 e. The number of ether oxygens (including phenoxy) is 1. The van der Waals surface area contributed by atoms with Crippen LogP contribution in [0.3, 0.4) is 0 Å². The van der Waals surface area contributed by atoms with Crippen molar-refractivity contribution in [2.24, 2.45) is 12.8 Å². The summed E-state index contributed by atoms with van der Waals surface area (Å²) in [5.41, 5.74) is 11.8. The van der Waals surface area contributed by atoms with Gasteiger partial charge in [-0.05, 0) is 38.0 Å². The Balaban J connectivity index is 2.55. The normalized spacial score (nSPS) is 12.5. The van der Waals surface area contributed by atoms with Crippen LogP contribution in [0.25, 0.3) is 0 Å². The van der Waals surface area contributed by atoms with Crippen LogP contribution >= 0.6 is 0 Å². The lowest BCUT2D eigenvalue weighted by atomic mass is 9.94. The number of nitrogens with two attached hydrogens (primary N) is 1. The fourth-order valence-electron chi connectivity index (χ4n) is 2.59. The Hall–Kier alpha value is -1.81. The quantitative estimate of drug-likeness (QED) is 0.921. The zero-order valence-corrected chi connectivity index (χ0v) is 12.2. The van der Waals surface area contributed by atoms with Crippen LogP contribution in [0.5, 0.6) is 5.75 Å². The van der Waals surface area contributed by atoms with Crippen LogP contribution in [0, 0.1) is 20.8 Å². The van der Waals surface area contributed by atoms with E-state index in [2.05, 4.69) is 25.0 Å². The molecule has 19 heavy (non-hydrogen) atoms. The maximum absolute atomic E-state index is 6.42. The second kappa shape index (κ2) is 5.05. The largest absolute Gasteiger partial charge is 0.496 e. The van der Waals surface area contributed by atoms with Crippen molar-refractivity contribution < 1.29 is 4.74 Å². The maximum Gasteiger partial charge on any atom is 0.124 e. The molecule has 4 nitrogen and oxygen atoms in total. The van der Waals surface area contributed by atoms with Gasteiger partial charge in [-0.25, -0.2) is 0 Å². The van der Waals surface area contributed by atoms with Crippen LogP contribution in [0.2, 0.25) is 0 Å². The molecule has 0 amide bonds. The molecule has 0 aliphatic carbocycles. The summed E-state index contributed by atoms with van der Waals surface area (Å²) in [5, 5.41) is 4.36. The van der Waals surface area contributed by atoms with Crippen molar-refractivity contribution in [3.05, 3.63) is 46.3 Å². The summed E-state index contributed by atoms with van der Waals surface area (Å²) < 4.78 is 7.28. The summed E-state index contributed by atoms with van der Waals surface area (Å²) in [4.78, 5) is 0. The molecule has 102 valence electrons. The highest BCUT2D eigenvalue weighted by Crippen LogP contribution is 2.33. The highest BCUT2D eigenvalue weighted by atomic mass is 16.5. The first-order chi connectivity index (χ1) is 8.93. The fraction of sp³-hybridized carbons (Fsp3) is 0.400. The average molecular weight is 259 g/mol. The van der Waals surface area contributed by atoms with Gasteiger partial charge in [0.2, 0.25) is 0 Å². The third kappa shape index (κ3) is 2.49. The molecule has 1 heterocycles. The SMILES string of the molecule is COc1cc(C)cc(C)c1C(N)c1cn(C)nc1C. The zero-order valence-electron chi connectivity index (χ0n) is 12.2. The number of aromatic nitrogens is 2. The van der Waals surface area contributed by atoms with Crippen molar-refractivity contribution >= 4 is 0 Å². The summed E-state index contributed by atoms with van der Waals surface area (Å²) in [5.74, 6) is 0.841. The van der Waals surface area contributed by atoms with Gasteiger partial charge >= 0.3 is 0 Å². The van der Waals surface area contributed by atoms with Gasteiger partial charge in [-0.2, -0.15) is 5.10 Å². The van der Waals surface area contributed by atoms with E-state index in [1.807, 2.05) is 26.2 Å². The van der Waals surface area contributed by atoms with E-state index in [9.17, 15) is 0 Å². The minimum absolute atomic E-state index is 0.218. The van der Waals surface area contributed by atoms with Gasteiger partial charge in [-0.15, -0.1) is 0 Å². The summed E-state index contributed by atoms with van der Waals surface area (Å²) in [6.07, 6.45) is 1.97. The van der Waals surface area contributed by atoms with Gasteiger partial charge in [-0.3, -0.25) is 4.68 Å². The second-order valence-corrected chi connectivity index (χ2v) is 5.02. The molecule has 0 saturated heterocycles. The monoisotopic (exact) mass is 259 g/mol. The van der Waals surface area contributed by atoms with Crippen molar-refractivity contribution in [1.29, 1.82) is 0 Å².